The van der Waals surface area contributed by atoms with Gasteiger partial charge < -0.3 is 0 Å². The zero-order valence-corrected chi connectivity index (χ0v) is 11.8. The van der Waals surface area contributed by atoms with Crippen LogP contribution >= 0.6 is 11.3 Å². The van der Waals surface area contributed by atoms with Gasteiger partial charge in [-0.3, -0.25) is 11.3 Å². The first kappa shape index (κ1) is 13.3. The Kier molecular flexibility index (Phi) is 4.53. The van der Waals surface area contributed by atoms with Gasteiger partial charge in [0.25, 0.3) is 0 Å². The lowest BCUT2D eigenvalue weighted by Gasteiger charge is -2.16. The molecule has 0 amide bonds. The van der Waals surface area contributed by atoms with Crippen molar-refractivity contribution in [3.05, 3.63) is 57.3 Å². The Labute approximate surface area is 113 Å². The third-order valence-corrected chi connectivity index (χ3v) is 4.08. The first-order valence-electron chi connectivity index (χ1n) is 6.22. The van der Waals surface area contributed by atoms with Gasteiger partial charge in [0.2, 0.25) is 0 Å². The SMILES string of the molecule is Cc1ccc(CC(Cc2ccsc2)NN)cc1C. The second kappa shape index (κ2) is 6.14. The molecule has 3 N–H and O–H groups in total. The van der Waals surface area contributed by atoms with E-state index in [1.807, 2.05) is 0 Å². The summed E-state index contributed by atoms with van der Waals surface area (Å²) >= 11 is 1.73. The largest absolute Gasteiger partial charge is 0.271 e. The lowest BCUT2D eigenvalue weighted by atomic mass is 9.98. The van der Waals surface area contributed by atoms with Crippen LogP contribution in [0.1, 0.15) is 22.3 Å². The Balaban J connectivity index is 2.03. The standard InChI is InChI=1S/C15H20N2S/c1-11-3-4-13(7-12(11)2)8-15(17-16)9-14-5-6-18-10-14/h3-7,10,15,17H,8-9,16H2,1-2H3. The van der Waals surface area contributed by atoms with Gasteiger partial charge >= 0.3 is 0 Å². The van der Waals surface area contributed by atoms with Crippen molar-refractivity contribution in [3.63, 3.8) is 0 Å². The van der Waals surface area contributed by atoms with Crippen LogP contribution < -0.4 is 11.3 Å². The molecule has 0 saturated carbocycles. The van der Waals surface area contributed by atoms with Gasteiger partial charge in [0.15, 0.2) is 0 Å². The quantitative estimate of drug-likeness (QED) is 0.640. The molecule has 0 saturated heterocycles. The fraction of sp³-hybridized carbons (Fsp3) is 0.333. The summed E-state index contributed by atoms with van der Waals surface area (Å²) in [5, 5.41) is 4.30. The highest BCUT2D eigenvalue weighted by Crippen LogP contribution is 2.14. The van der Waals surface area contributed by atoms with E-state index >= 15 is 0 Å². The van der Waals surface area contributed by atoms with E-state index in [9.17, 15) is 0 Å². The number of nitrogens with one attached hydrogen (secondary N) is 1. The molecule has 0 spiro atoms. The summed E-state index contributed by atoms with van der Waals surface area (Å²) in [6.07, 6.45) is 1.94. The van der Waals surface area contributed by atoms with Crippen LogP contribution in [0.15, 0.2) is 35.0 Å². The van der Waals surface area contributed by atoms with Gasteiger partial charge in [-0.05, 0) is 65.8 Å². The van der Waals surface area contributed by atoms with E-state index in [1.165, 1.54) is 22.3 Å². The van der Waals surface area contributed by atoms with Gasteiger partial charge in [0.1, 0.15) is 0 Å². The number of hydrogen-bond donors (Lipinski definition) is 2. The predicted octanol–water partition coefficient (Wildman–Crippen LogP) is 2.98. The van der Waals surface area contributed by atoms with Crippen LogP contribution in [0.3, 0.4) is 0 Å². The van der Waals surface area contributed by atoms with Crippen molar-refractivity contribution in [3.8, 4) is 0 Å². The number of benzene rings is 1. The lowest BCUT2D eigenvalue weighted by Crippen LogP contribution is -2.38. The van der Waals surface area contributed by atoms with Crippen LogP contribution in [0.4, 0.5) is 0 Å². The van der Waals surface area contributed by atoms with Crippen LogP contribution in [0.25, 0.3) is 0 Å². The van der Waals surface area contributed by atoms with Crippen LogP contribution in [0.2, 0.25) is 0 Å². The van der Waals surface area contributed by atoms with E-state index < -0.39 is 0 Å². The van der Waals surface area contributed by atoms with Gasteiger partial charge in [-0.2, -0.15) is 11.3 Å². The van der Waals surface area contributed by atoms with Crippen molar-refractivity contribution in [1.82, 2.24) is 5.43 Å². The Bertz CT molecular complexity index is 491. The van der Waals surface area contributed by atoms with Gasteiger partial charge in [0, 0.05) is 6.04 Å². The number of hydrogen-bond acceptors (Lipinski definition) is 3. The Morgan fingerprint density at radius 2 is 1.89 bits per heavy atom. The van der Waals surface area contributed by atoms with Crippen molar-refractivity contribution in [2.75, 3.05) is 0 Å². The van der Waals surface area contributed by atoms with Gasteiger partial charge in [-0.1, -0.05) is 18.2 Å². The summed E-state index contributed by atoms with van der Waals surface area (Å²) in [5.41, 5.74) is 8.31. The molecule has 1 aromatic heterocycles. The summed E-state index contributed by atoms with van der Waals surface area (Å²) in [5.74, 6) is 5.66. The molecule has 18 heavy (non-hydrogen) atoms. The van der Waals surface area contributed by atoms with Gasteiger partial charge in [-0.25, -0.2) is 0 Å². The van der Waals surface area contributed by atoms with Crippen molar-refractivity contribution < 1.29 is 0 Å². The summed E-state index contributed by atoms with van der Waals surface area (Å²) in [7, 11) is 0. The summed E-state index contributed by atoms with van der Waals surface area (Å²) in [4.78, 5) is 0. The number of thiophene rings is 1. The van der Waals surface area contributed by atoms with Crippen LogP contribution in [0.5, 0.6) is 0 Å². The summed E-state index contributed by atoms with van der Waals surface area (Å²) < 4.78 is 0. The fourth-order valence-electron chi connectivity index (χ4n) is 2.10. The highest BCUT2D eigenvalue weighted by molar-refractivity contribution is 7.07. The molecule has 3 heteroatoms. The monoisotopic (exact) mass is 260 g/mol. The summed E-state index contributed by atoms with van der Waals surface area (Å²) in [6.45, 7) is 4.30. The molecule has 1 aromatic carbocycles. The molecule has 0 aliphatic rings. The minimum atomic E-state index is 0.293. The number of rotatable bonds is 5. The maximum absolute atomic E-state index is 5.66. The molecule has 0 aliphatic carbocycles. The smallest absolute Gasteiger partial charge is 0.0291 e. The minimum Gasteiger partial charge on any atom is -0.271 e. The molecule has 2 rings (SSSR count). The van der Waals surface area contributed by atoms with E-state index in [0.717, 1.165) is 12.8 Å². The lowest BCUT2D eigenvalue weighted by molar-refractivity contribution is 0.523. The third-order valence-electron chi connectivity index (χ3n) is 3.35. The van der Waals surface area contributed by atoms with Crippen molar-refractivity contribution in [2.45, 2.75) is 32.7 Å². The maximum atomic E-state index is 5.66. The fourth-order valence-corrected chi connectivity index (χ4v) is 2.78. The Hall–Kier alpha value is -1.16. The van der Waals surface area contributed by atoms with Crippen LogP contribution in [0, 0.1) is 13.8 Å². The molecular weight excluding hydrogens is 240 g/mol. The van der Waals surface area contributed by atoms with Crippen molar-refractivity contribution in [1.29, 1.82) is 0 Å². The molecule has 96 valence electrons. The number of hydrazine groups is 1. The molecule has 1 heterocycles. The second-order valence-corrected chi connectivity index (χ2v) is 5.60. The zero-order chi connectivity index (χ0) is 13.0. The first-order valence-corrected chi connectivity index (χ1v) is 7.16. The van der Waals surface area contributed by atoms with Gasteiger partial charge in [-0.15, -0.1) is 0 Å². The highest BCUT2D eigenvalue weighted by atomic mass is 32.1. The normalized spacial score (nSPS) is 12.6. The zero-order valence-electron chi connectivity index (χ0n) is 10.9. The predicted molar refractivity (Wildman–Crippen MR) is 78.8 cm³/mol. The van der Waals surface area contributed by atoms with E-state index in [2.05, 4.69) is 54.3 Å². The highest BCUT2D eigenvalue weighted by Gasteiger charge is 2.09. The van der Waals surface area contributed by atoms with E-state index in [4.69, 9.17) is 5.84 Å². The van der Waals surface area contributed by atoms with Crippen molar-refractivity contribution in [2.24, 2.45) is 5.84 Å². The number of aryl methyl sites for hydroxylation is 2. The minimum absolute atomic E-state index is 0.293. The Morgan fingerprint density at radius 3 is 2.50 bits per heavy atom. The molecule has 0 bridgehead atoms. The molecule has 1 atom stereocenters. The molecule has 2 aromatic rings. The maximum Gasteiger partial charge on any atom is 0.0291 e. The molecule has 0 fully saturated rings. The average Bonchev–Trinajstić information content (AvgIpc) is 2.86. The molecule has 1 unspecified atom stereocenters. The number of nitrogens with two attached hydrogens (primary N) is 1. The molecule has 2 nitrogen and oxygen atoms in total. The molecular formula is C15H20N2S. The summed E-state index contributed by atoms with van der Waals surface area (Å²) in [6, 6.07) is 9.09. The van der Waals surface area contributed by atoms with E-state index in [0.29, 0.717) is 6.04 Å². The molecule has 0 aliphatic heterocycles. The first-order chi connectivity index (χ1) is 8.69. The Morgan fingerprint density at radius 1 is 1.11 bits per heavy atom. The van der Waals surface area contributed by atoms with Crippen molar-refractivity contribution >= 4 is 11.3 Å². The van der Waals surface area contributed by atoms with E-state index in [-0.39, 0.29) is 0 Å². The van der Waals surface area contributed by atoms with E-state index in [1.54, 1.807) is 11.3 Å². The third kappa shape index (κ3) is 3.42. The topological polar surface area (TPSA) is 38.0 Å². The van der Waals surface area contributed by atoms with Gasteiger partial charge in [0.05, 0.1) is 0 Å². The molecule has 0 radical (unpaired) electrons. The second-order valence-electron chi connectivity index (χ2n) is 4.82. The van der Waals surface area contributed by atoms with Crippen LogP contribution in [-0.2, 0) is 12.8 Å². The average molecular weight is 260 g/mol. The van der Waals surface area contributed by atoms with Crippen LogP contribution in [-0.4, -0.2) is 6.04 Å².